The first-order valence-corrected chi connectivity index (χ1v) is 8.29. The van der Waals surface area contributed by atoms with Crippen molar-refractivity contribution in [3.8, 4) is 23.0 Å². The summed E-state index contributed by atoms with van der Waals surface area (Å²) >= 11 is 0. The van der Waals surface area contributed by atoms with Crippen LogP contribution >= 0.6 is 0 Å². The second kappa shape index (κ2) is 7.18. The van der Waals surface area contributed by atoms with Gasteiger partial charge in [-0.1, -0.05) is 23.4 Å². The molecule has 0 aliphatic heterocycles. The van der Waals surface area contributed by atoms with E-state index in [-0.39, 0.29) is 6.04 Å². The predicted molar refractivity (Wildman–Crippen MR) is 94.7 cm³/mol. The number of rotatable bonds is 6. The lowest BCUT2D eigenvalue weighted by atomic mass is 10.2. The molecule has 3 heterocycles. The van der Waals surface area contributed by atoms with Gasteiger partial charge in [0.2, 0.25) is 17.6 Å². The Labute approximate surface area is 150 Å². The van der Waals surface area contributed by atoms with Crippen molar-refractivity contribution in [2.24, 2.45) is 0 Å². The van der Waals surface area contributed by atoms with Gasteiger partial charge in [-0.05, 0) is 31.2 Å². The second-order valence-electron chi connectivity index (χ2n) is 5.85. The van der Waals surface area contributed by atoms with Crippen molar-refractivity contribution in [3.63, 3.8) is 0 Å². The predicted octanol–water partition coefficient (Wildman–Crippen LogP) is 3.92. The van der Waals surface area contributed by atoms with E-state index in [1.807, 2.05) is 60.3 Å². The van der Waals surface area contributed by atoms with Gasteiger partial charge in [0, 0.05) is 36.6 Å². The van der Waals surface area contributed by atoms with Crippen LogP contribution in [0.25, 0.3) is 11.4 Å². The van der Waals surface area contributed by atoms with Crippen LogP contribution in [0.2, 0.25) is 0 Å². The van der Waals surface area contributed by atoms with Gasteiger partial charge in [-0.3, -0.25) is 4.68 Å². The quantitative estimate of drug-likeness (QED) is 0.526. The van der Waals surface area contributed by atoms with Gasteiger partial charge in [0.1, 0.15) is 5.75 Å². The van der Waals surface area contributed by atoms with E-state index in [0.717, 1.165) is 11.3 Å². The first-order valence-electron chi connectivity index (χ1n) is 8.29. The molecule has 0 saturated heterocycles. The highest BCUT2D eigenvalue weighted by Gasteiger charge is 2.14. The SMILES string of the molecule is CC(Cc1nc(-c2ccc(Oc3ccccc3)nc2)no1)n1cccn1. The van der Waals surface area contributed by atoms with E-state index < -0.39 is 0 Å². The van der Waals surface area contributed by atoms with Crippen LogP contribution in [0.5, 0.6) is 11.6 Å². The van der Waals surface area contributed by atoms with Gasteiger partial charge >= 0.3 is 0 Å². The van der Waals surface area contributed by atoms with Crippen molar-refractivity contribution < 1.29 is 9.26 Å². The van der Waals surface area contributed by atoms with Crippen molar-refractivity contribution in [2.45, 2.75) is 19.4 Å². The van der Waals surface area contributed by atoms with Crippen LogP contribution < -0.4 is 4.74 Å². The van der Waals surface area contributed by atoms with E-state index in [2.05, 4.69) is 20.2 Å². The number of para-hydroxylation sites is 1. The Morgan fingerprint density at radius 3 is 2.73 bits per heavy atom. The van der Waals surface area contributed by atoms with Crippen LogP contribution in [0.1, 0.15) is 18.9 Å². The zero-order valence-corrected chi connectivity index (χ0v) is 14.2. The molecule has 4 rings (SSSR count). The van der Waals surface area contributed by atoms with E-state index in [1.54, 1.807) is 18.5 Å². The minimum Gasteiger partial charge on any atom is -0.439 e. The summed E-state index contributed by atoms with van der Waals surface area (Å²) in [7, 11) is 0. The molecule has 0 radical (unpaired) electrons. The van der Waals surface area contributed by atoms with Gasteiger partial charge in [-0.25, -0.2) is 4.98 Å². The summed E-state index contributed by atoms with van der Waals surface area (Å²) in [4.78, 5) is 8.75. The van der Waals surface area contributed by atoms with Crippen LogP contribution in [0.15, 0.2) is 71.6 Å². The minimum atomic E-state index is 0.137. The highest BCUT2D eigenvalue weighted by atomic mass is 16.5. The number of pyridine rings is 1. The molecule has 130 valence electrons. The Morgan fingerprint density at radius 2 is 2.00 bits per heavy atom. The molecule has 0 bridgehead atoms. The smallest absolute Gasteiger partial charge is 0.229 e. The average molecular weight is 347 g/mol. The standard InChI is InChI=1S/C19H17N5O2/c1-14(24-11-5-10-21-24)12-18-22-19(23-26-18)15-8-9-17(20-13-15)25-16-6-3-2-4-7-16/h2-11,13-14H,12H2,1H3. The zero-order chi connectivity index (χ0) is 17.8. The molecule has 0 amide bonds. The van der Waals surface area contributed by atoms with Crippen LogP contribution in [0, 0.1) is 0 Å². The van der Waals surface area contributed by atoms with Gasteiger partial charge in [0.25, 0.3) is 0 Å². The summed E-state index contributed by atoms with van der Waals surface area (Å²) < 4.78 is 12.9. The van der Waals surface area contributed by atoms with E-state index in [4.69, 9.17) is 9.26 Å². The molecule has 1 atom stereocenters. The highest BCUT2D eigenvalue weighted by Crippen LogP contribution is 2.22. The summed E-state index contributed by atoms with van der Waals surface area (Å²) in [5.41, 5.74) is 0.771. The molecule has 0 aliphatic carbocycles. The molecule has 0 N–H and O–H groups in total. The fourth-order valence-corrected chi connectivity index (χ4v) is 2.52. The number of nitrogens with zero attached hydrogens (tertiary/aromatic N) is 5. The van der Waals surface area contributed by atoms with Crippen LogP contribution in [-0.4, -0.2) is 24.9 Å². The molecule has 0 spiro atoms. The third-order valence-electron chi connectivity index (χ3n) is 3.87. The maximum absolute atomic E-state index is 5.68. The fraction of sp³-hybridized carbons (Fsp3) is 0.158. The maximum atomic E-state index is 5.68. The third-order valence-corrected chi connectivity index (χ3v) is 3.87. The normalized spacial score (nSPS) is 12.0. The van der Waals surface area contributed by atoms with Crippen molar-refractivity contribution in [1.82, 2.24) is 24.9 Å². The summed E-state index contributed by atoms with van der Waals surface area (Å²) in [6, 6.07) is 15.2. The van der Waals surface area contributed by atoms with Gasteiger partial charge < -0.3 is 9.26 Å². The Hall–Kier alpha value is -3.48. The molecule has 0 aliphatic rings. The van der Waals surface area contributed by atoms with Crippen LogP contribution in [-0.2, 0) is 6.42 Å². The number of hydrogen-bond donors (Lipinski definition) is 0. The second-order valence-corrected chi connectivity index (χ2v) is 5.85. The first-order chi connectivity index (χ1) is 12.8. The molecule has 1 aromatic carbocycles. The van der Waals surface area contributed by atoms with E-state index in [9.17, 15) is 0 Å². The average Bonchev–Trinajstić information content (AvgIpc) is 3.35. The Bertz CT molecular complexity index is 949. The molecule has 26 heavy (non-hydrogen) atoms. The van der Waals surface area contributed by atoms with Gasteiger partial charge in [0.15, 0.2) is 0 Å². The summed E-state index contributed by atoms with van der Waals surface area (Å²) in [5, 5.41) is 8.26. The first kappa shape index (κ1) is 16.0. The molecular formula is C19H17N5O2. The lowest BCUT2D eigenvalue weighted by molar-refractivity contribution is 0.349. The van der Waals surface area contributed by atoms with Crippen molar-refractivity contribution >= 4 is 0 Å². The summed E-state index contributed by atoms with van der Waals surface area (Å²) in [5.74, 6) is 2.32. The maximum Gasteiger partial charge on any atom is 0.229 e. The summed E-state index contributed by atoms with van der Waals surface area (Å²) in [6.07, 6.45) is 5.94. The molecule has 3 aromatic heterocycles. The number of ether oxygens (including phenoxy) is 1. The topological polar surface area (TPSA) is 78.9 Å². The molecule has 0 saturated carbocycles. The van der Waals surface area contributed by atoms with Crippen LogP contribution in [0.4, 0.5) is 0 Å². The fourth-order valence-electron chi connectivity index (χ4n) is 2.52. The van der Waals surface area contributed by atoms with Crippen molar-refractivity contribution in [2.75, 3.05) is 0 Å². The number of benzene rings is 1. The van der Waals surface area contributed by atoms with E-state index in [1.165, 1.54) is 0 Å². The Morgan fingerprint density at radius 1 is 1.12 bits per heavy atom. The Kier molecular flexibility index (Phi) is 4.42. The molecule has 7 heteroatoms. The van der Waals surface area contributed by atoms with Crippen molar-refractivity contribution in [1.29, 1.82) is 0 Å². The molecule has 4 aromatic rings. The van der Waals surface area contributed by atoms with Crippen molar-refractivity contribution in [3.05, 3.63) is 73.0 Å². The minimum absolute atomic E-state index is 0.137. The molecule has 7 nitrogen and oxygen atoms in total. The molecular weight excluding hydrogens is 330 g/mol. The van der Waals surface area contributed by atoms with Gasteiger partial charge in [-0.15, -0.1) is 0 Å². The molecule has 1 unspecified atom stereocenters. The van der Waals surface area contributed by atoms with E-state index in [0.29, 0.717) is 24.0 Å². The lowest BCUT2D eigenvalue weighted by Crippen LogP contribution is -2.08. The largest absolute Gasteiger partial charge is 0.439 e. The van der Waals surface area contributed by atoms with Gasteiger partial charge in [0.05, 0.1) is 6.04 Å². The number of hydrogen-bond acceptors (Lipinski definition) is 6. The number of aromatic nitrogens is 5. The Balaban J connectivity index is 1.44. The van der Waals surface area contributed by atoms with E-state index >= 15 is 0 Å². The third kappa shape index (κ3) is 3.61. The van der Waals surface area contributed by atoms with Crippen LogP contribution in [0.3, 0.4) is 0 Å². The monoisotopic (exact) mass is 347 g/mol. The molecule has 0 fully saturated rings. The zero-order valence-electron chi connectivity index (χ0n) is 14.2. The summed E-state index contributed by atoms with van der Waals surface area (Å²) in [6.45, 7) is 2.05. The highest BCUT2D eigenvalue weighted by molar-refractivity contribution is 5.53. The lowest BCUT2D eigenvalue weighted by Gasteiger charge is -2.08. The van der Waals surface area contributed by atoms with Gasteiger partial charge in [-0.2, -0.15) is 10.1 Å².